The first-order chi connectivity index (χ1) is 7.70. The normalized spacial score (nSPS) is 17.1. The van der Waals surface area contributed by atoms with Gasteiger partial charge in [0.2, 0.25) is 0 Å². The zero-order valence-corrected chi connectivity index (χ0v) is 9.44. The molecule has 86 valence electrons. The lowest BCUT2D eigenvalue weighted by Gasteiger charge is -2.15. The molecular formula is C13H17NO2. The largest absolute Gasteiger partial charge is 0.481 e. The highest BCUT2D eigenvalue weighted by molar-refractivity contribution is 5.68. The minimum absolute atomic E-state index is 0.0869. The number of hydrogen-bond acceptors (Lipinski definition) is 2. The lowest BCUT2D eigenvalue weighted by atomic mass is 10.00. The molecule has 16 heavy (non-hydrogen) atoms. The fourth-order valence-corrected chi connectivity index (χ4v) is 2.01. The predicted molar refractivity (Wildman–Crippen MR) is 62.5 cm³/mol. The van der Waals surface area contributed by atoms with Crippen LogP contribution in [0, 0.1) is 0 Å². The molecule has 1 aromatic carbocycles. The molecule has 1 aliphatic rings. The average Bonchev–Trinajstić information content (AvgIpc) is 3.09. The van der Waals surface area contributed by atoms with Crippen LogP contribution in [0.5, 0.6) is 0 Å². The Bertz CT molecular complexity index is 385. The highest BCUT2D eigenvalue weighted by Gasteiger charge is 2.24. The SMILES string of the molecule is CNC(CC(=O)O)c1cccc(C2CC2)c1. The van der Waals surface area contributed by atoms with Crippen molar-refractivity contribution in [3.63, 3.8) is 0 Å². The molecular weight excluding hydrogens is 202 g/mol. The van der Waals surface area contributed by atoms with Crippen molar-refractivity contribution >= 4 is 5.97 Å². The Hall–Kier alpha value is -1.35. The molecule has 1 fully saturated rings. The molecule has 0 aliphatic heterocycles. The Morgan fingerprint density at radius 3 is 2.88 bits per heavy atom. The van der Waals surface area contributed by atoms with E-state index in [4.69, 9.17) is 5.11 Å². The summed E-state index contributed by atoms with van der Waals surface area (Å²) < 4.78 is 0. The maximum atomic E-state index is 10.7. The van der Waals surface area contributed by atoms with Gasteiger partial charge < -0.3 is 10.4 Å². The van der Waals surface area contributed by atoms with Gasteiger partial charge in [0.25, 0.3) is 0 Å². The zero-order valence-electron chi connectivity index (χ0n) is 9.44. The Morgan fingerprint density at radius 1 is 1.56 bits per heavy atom. The van der Waals surface area contributed by atoms with Crippen LogP contribution < -0.4 is 5.32 Å². The fourth-order valence-electron chi connectivity index (χ4n) is 2.01. The third kappa shape index (κ3) is 2.61. The molecule has 0 saturated heterocycles. The summed E-state index contributed by atoms with van der Waals surface area (Å²) in [7, 11) is 1.80. The molecule has 0 bridgehead atoms. The lowest BCUT2D eigenvalue weighted by molar-refractivity contribution is -0.137. The van der Waals surface area contributed by atoms with E-state index in [2.05, 4.69) is 17.4 Å². The lowest BCUT2D eigenvalue weighted by Crippen LogP contribution is -2.19. The van der Waals surface area contributed by atoms with Crippen LogP contribution in [-0.2, 0) is 4.79 Å². The first kappa shape index (κ1) is 11.1. The van der Waals surface area contributed by atoms with Crippen LogP contribution in [0.4, 0.5) is 0 Å². The molecule has 0 amide bonds. The van der Waals surface area contributed by atoms with E-state index >= 15 is 0 Å². The molecule has 0 aromatic heterocycles. The van der Waals surface area contributed by atoms with E-state index in [1.165, 1.54) is 18.4 Å². The number of rotatable bonds is 5. The summed E-state index contributed by atoms with van der Waals surface area (Å²) in [5.74, 6) is -0.0570. The van der Waals surface area contributed by atoms with Crippen molar-refractivity contribution in [2.45, 2.75) is 31.2 Å². The number of carboxylic acids is 1. The molecule has 3 heteroatoms. The zero-order chi connectivity index (χ0) is 11.5. The Morgan fingerprint density at radius 2 is 2.31 bits per heavy atom. The highest BCUT2D eigenvalue weighted by atomic mass is 16.4. The minimum atomic E-state index is -0.767. The van der Waals surface area contributed by atoms with Gasteiger partial charge in [-0.15, -0.1) is 0 Å². The summed E-state index contributed by atoms with van der Waals surface area (Å²) in [4.78, 5) is 10.7. The van der Waals surface area contributed by atoms with E-state index in [0.29, 0.717) is 5.92 Å². The summed E-state index contributed by atoms with van der Waals surface area (Å²) in [5, 5.41) is 11.9. The van der Waals surface area contributed by atoms with Gasteiger partial charge in [-0.3, -0.25) is 4.79 Å². The van der Waals surface area contributed by atoms with Crippen molar-refractivity contribution in [1.82, 2.24) is 5.32 Å². The van der Waals surface area contributed by atoms with Crippen molar-refractivity contribution < 1.29 is 9.90 Å². The molecule has 0 spiro atoms. The number of carboxylic acid groups (broad SMARTS) is 1. The average molecular weight is 219 g/mol. The van der Waals surface area contributed by atoms with Crippen LogP contribution in [-0.4, -0.2) is 18.1 Å². The smallest absolute Gasteiger partial charge is 0.305 e. The second-order valence-corrected chi connectivity index (χ2v) is 4.38. The topological polar surface area (TPSA) is 49.3 Å². The second kappa shape index (κ2) is 4.66. The molecule has 2 N–H and O–H groups in total. The Labute approximate surface area is 95.5 Å². The number of aliphatic carboxylic acids is 1. The van der Waals surface area contributed by atoms with Gasteiger partial charge >= 0.3 is 5.97 Å². The monoisotopic (exact) mass is 219 g/mol. The molecule has 1 aliphatic carbocycles. The minimum Gasteiger partial charge on any atom is -0.481 e. The molecule has 0 radical (unpaired) electrons. The Balaban J connectivity index is 2.16. The summed E-state index contributed by atoms with van der Waals surface area (Å²) in [6.45, 7) is 0. The molecule has 1 saturated carbocycles. The second-order valence-electron chi connectivity index (χ2n) is 4.38. The quantitative estimate of drug-likeness (QED) is 0.799. The van der Waals surface area contributed by atoms with Gasteiger partial charge in [0, 0.05) is 6.04 Å². The molecule has 1 unspecified atom stereocenters. The van der Waals surface area contributed by atoms with E-state index < -0.39 is 5.97 Å². The maximum Gasteiger partial charge on any atom is 0.305 e. The van der Waals surface area contributed by atoms with Crippen molar-refractivity contribution in [2.24, 2.45) is 0 Å². The van der Waals surface area contributed by atoms with Gasteiger partial charge in [0.15, 0.2) is 0 Å². The summed E-state index contributed by atoms with van der Waals surface area (Å²) >= 11 is 0. The highest BCUT2D eigenvalue weighted by Crippen LogP contribution is 2.40. The van der Waals surface area contributed by atoms with Gasteiger partial charge in [0.1, 0.15) is 0 Å². The first-order valence-corrected chi connectivity index (χ1v) is 5.69. The molecule has 2 rings (SSSR count). The van der Waals surface area contributed by atoms with Crippen molar-refractivity contribution in [3.8, 4) is 0 Å². The third-order valence-corrected chi connectivity index (χ3v) is 3.09. The van der Waals surface area contributed by atoms with E-state index in [9.17, 15) is 4.79 Å². The van der Waals surface area contributed by atoms with Gasteiger partial charge in [-0.1, -0.05) is 24.3 Å². The van der Waals surface area contributed by atoms with Crippen LogP contribution >= 0.6 is 0 Å². The molecule has 3 nitrogen and oxygen atoms in total. The number of hydrogen-bond donors (Lipinski definition) is 2. The van der Waals surface area contributed by atoms with E-state index in [0.717, 1.165) is 5.56 Å². The van der Waals surface area contributed by atoms with E-state index in [1.54, 1.807) is 7.05 Å². The van der Waals surface area contributed by atoms with Gasteiger partial charge in [-0.25, -0.2) is 0 Å². The van der Waals surface area contributed by atoms with Crippen molar-refractivity contribution in [2.75, 3.05) is 7.05 Å². The van der Waals surface area contributed by atoms with Gasteiger partial charge in [0.05, 0.1) is 6.42 Å². The number of nitrogens with one attached hydrogen (secondary N) is 1. The fraction of sp³-hybridized carbons (Fsp3) is 0.462. The van der Waals surface area contributed by atoms with Crippen molar-refractivity contribution in [3.05, 3.63) is 35.4 Å². The molecule has 0 heterocycles. The number of benzene rings is 1. The van der Waals surface area contributed by atoms with Crippen LogP contribution in [0.3, 0.4) is 0 Å². The summed E-state index contributed by atoms with van der Waals surface area (Å²) in [6.07, 6.45) is 2.67. The third-order valence-electron chi connectivity index (χ3n) is 3.09. The Kier molecular flexibility index (Phi) is 3.25. The van der Waals surface area contributed by atoms with Crippen LogP contribution in [0.2, 0.25) is 0 Å². The van der Waals surface area contributed by atoms with Gasteiger partial charge in [-0.05, 0) is 36.9 Å². The van der Waals surface area contributed by atoms with E-state index in [1.807, 2.05) is 12.1 Å². The standard InChI is InChI=1S/C13H17NO2/c1-14-12(8-13(15)16)11-4-2-3-10(7-11)9-5-6-9/h2-4,7,9,12,14H,5-6,8H2,1H3,(H,15,16). The first-order valence-electron chi connectivity index (χ1n) is 5.69. The summed E-state index contributed by atoms with van der Waals surface area (Å²) in [5.41, 5.74) is 2.43. The van der Waals surface area contributed by atoms with Crippen LogP contribution in [0.15, 0.2) is 24.3 Å². The van der Waals surface area contributed by atoms with Gasteiger partial charge in [-0.2, -0.15) is 0 Å². The maximum absolute atomic E-state index is 10.7. The number of carbonyl (C=O) groups is 1. The summed E-state index contributed by atoms with van der Waals surface area (Å²) in [6, 6.07) is 8.21. The predicted octanol–water partition coefficient (Wildman–Crippen LogP) is 2.30. The molecule has 1 aromatic rings. The van der Waals surface area contributed by atoms with E-state index in [-0.39, 0.29) is 12.5 Å². The van der Waals surface area contributed by atoms with Crippen LogP contribution in [0.25, 0.3) is 0 Å². The van der Waals surface area contributed by atoms with Crippen LogP contribution in [0.1, 0.15) is 42.3 Å². The van der Waals surface area contributed by atoms with Crippen molar-refractivity contribution in [1.29, 1.82) is 0 Å². The molecule has 1 atom stereocenters.